The molecule has 3 aromatic rings. The van der Waals surface area contributed by atoms with Gasteiger partial charge in [0, 0.05) is 18.3 Å². The molecule has 30 heavy (non-hydrogen) atoms. The molecule has 1 amide bonds. The Kier molecular flexibility index (Phi) is 6.25. The number of carbonyl (C=O) groups is 1. The number of benzene rings is 2. The third-order valence-corrected chi connectivity index (χ3v) is 4.99. The summed E-state index contributed by atoms with van der Waals surface area (Å²) in [4.78, 5) is 38.4. The minimum Gasteiger partial charge on any atom is -0.493 e. The number of rotatable bonds is 7. The molecule has 1 aromatic heterocycles. The number of aromatic nitrogens is 2. The second-order valence-electron chi connectivity index (χ2n) is 6.74. The number of aryl methyl sites for hydroxylation is 1. The molecule has 3 rings (SSSR count). The SMILES string of the molecule is CCc1ccc(NC(=O)Cn2c(=O)n(CC)c(=O)c3cc(OC)c(OC)cc32)cc1. The first-order valence-corrected chi connectivity index (χ1v) is 9.71. The summed E-state index contributed by atoms with van der Waals surface area (Å²) < 4.78 is 13.0. The van der Waals surface area contributed by atoms with Crippen LogP contribution in [0.2, 0.25) is 0 Å². The van der Waals surface area contributed by atoms with E-state index in [1.54, 1.807) is 13.0 Å². The van der Waals surface area contributed by atoms with E-state index in [0.717, 1.165) is 16.6 Å². The number of amides is 1. The maximum Gasteiger partial charge on any atom is 0.331 e. The van der Waals surface area contributed by atoms with E-state index in [-0.39, 0.29) is 24.4 Å². The van der Waals surface area contributed by atoms with Crippen LogP contribution in [0.1, 0.15) is 19.4 Å². The Hall–Kier alpha value is -3.55. The van der Waals surface area contributed by atoms with Crippen LogP contribution in [0.4, 0.5) is 5.69 Å². The van der Waals surface area contributed by atoms with Gasteiger partial charge in [0.25, 0.3) is 5.56 Å². The average Bonchev–Trinajstić information content (AvgIpc) is 2.76. The van der Waals surface area contributed by atoms with Crippen molar-refractivity contribution in [2.24, 2.45) is 0 Å². The van der Waals surface area contributed by atoms with Crippen LogP contribution in [-0.4, -0.2) is 29.3 Å². The standard InChI is InChI=1S/C22H25N3O5/c1-5-14-7-9-15(10-8-14)23-20(26)13-25-17-12-19(30-4)18(29-3)11-16(17)21(27)24(6-2)22(25)28/h7-12H,5-6,13H2,1-4H3,(H,23,26). The Balaban J connectivity index is 2.07. The molecule has 1 N–H and O–H groups in total. The molecule has 0 radical (unpaired) electrons. The topological polar surface area (TPSA) is 91.6 Å². The molecule has 0 aliphatic rings. The number of hydrogen-bond donors (Lipinski definition) is 1. The van der Waals surface area contributed by atoms with Crippen LogP contribution in [-0.2, 0) is 24.3 Å². The maximum atomic E-state index is 12.9. The van der Waals surface area contributed by atoms with Crippen molar-refractivity contribution in [3.63, 3.8) is 0 Å². The second kappa shape index (κ2) is 8.86. The van der Waals surface area contributed by atoms with Crippen LogP contribution >= 0.6 is 0 Å². The summed E-state index contributed by atoms with van der Waals surface area (Å²) in [6.07, 6.45) is 0.902. The number of anilines is 1. The predicted molar refractivity (Wildman–Crippen MR) is 116 cm³/mol. The minimum absolute atomic E-state index is 0.183. The average molecular weight is 411 g/mol. The molecule has 0 saturated carbocycles. The summed E-state index contributed by atoms with van der Waals surface area (Å²) >= 11 is 0. The van der Waals surface area contributed by atoms with E-state index < -0.39 is 11.2 Å². The molecule has 0 aliphatic heterocycles. The first-order valence-electron chi connectivity index (χ1n) is 9.71. The number of hydrogen-bond acceptors (Lipinski definition) is 5. The van der Waals surface area contributed by atoms with Crippen LogP contribution in [0.15, 0.2) is 46.0 Å². The van der Waals surface area contributed by atoms with E-state index in [4.69, 9.17) is 9.47 Å². The van der Waals surface area contributed by atoms with E-state index in [1.165, 1.54) is 24.9 Å². The van der Waals surface area contributed by atoms with E-state index >= 15 is 0 Å². The van der Waals surface area contributed by atoms with Gasteiger partial charge in [0.1, 0.15) is 6.54 Å². The van der Waals surface area contributed by atoms with Crippen molar-refractivity contribution in [1.82, 2.24) is 9.13 Å². The van der Waals surface area contributed by atoms with Gasteiger partial charge in [-0.05, 0) is 37.1 Å². The summed E-state index contributed by atoms with van der Waals surface area (Å²) in [6, 6.07) is 10.6. The van der Waals surface area contributed by atoms with Gasteiger partial charge in [0.15, 0.2) is 11.5 Å². The molecule has 0 saturated heterocycles. The van der Waals surface area contributed by atoms with Crippen molar-refractivity contribution < 1.29 is 14.3 Å². The number of nitrogens with one attached hydrogen (secondary N) is 1. The molecule has 0 aliphatic carbocycles. The lowest BCUT2D eigenvalue weighted by Gasteiger charge is -2.16. The number of carbonyl (C=O) groups excluding carboxylic acids is 1. The van der Waals surface area contributed by atoms with Gasteiger partial charge in [-0.25, -0.2) is 4.79 Å². The fraction of sp³-hybridized carbons (Fsp3) is 0.318. The van der Waals surface area contributed by atoms with Crippen LogP contribution in [0.3, 0.4) is 0 Å². The molecule has 8 heteroatoms. The van der Waals surface area contributed by atoms with Gasteiger partial charge >= 0.3 is 5.69 Å². The van der Waals surface area contributed by atoms with Gasteiger partial charge in [-0.2, -0.15) is 0 Å². The van der Waals surface area contributed by atoms with Crippen molar-refractivity contribution >= 4 is 22.5 Å². The zero-order valence-electron chi connectivity index (χ0n) is 17.5. The fourth-order valence-corrected chi connectivity index (χ4v) is 3.34. The maximum absolute atomic E-state index is 12.9. The van der Waals surface area contributed by atoms with Crippen molar-refractivity contribution in [3.8, 4) is 11.5 Å². The first kappa shape index (κ1) is 21.2. The van der Waals surface area contributed by atoms with Gasteiger partial charge in [0.05, 0.1) is 25.1 Å². The Morgan fingerprint density at radius 3 is 2.17 bits per heavy atom. The van der Waals surface area contributed by atoms with Gasteiger partial charge in [-0.1, -0.05) is 19.1 Å². The predicted octanol–water partition coefficient (Wildman–Crippen LogP) is 2.40. The lowest BCUT2D eigenvalue weighted by Crippen LogP contribution is -2.41. The van der Waals surface area contributed by atoms with Crippen molar-refractivity contribution in [2.45, 2.75) is 33.4 Å². The van der Waals surface area contributed by atoms with Gasteiger partial charge in [0.2, 0.25) is 5.91 Å². The van der Waals surface area contributed by atoms with E-state index in [1.807, 2.05) is 24.3 Å². The molecular formula is C22H25N3O5. The normalized spacial score (nSPS) is 10.8. The highest BCUT2D eigenvalue weighted by Crippen LogP contribution is 2.30. The van der Waals surface area contributed by atoms with Crippen LogP contribution < -0.4 is 26.0 Å². The summed E-state index contributed by atoms with van der Waals surface area (Å²) in [5.41, 5.74) is 1.11. The van der Waals surface area contributed by atoms with Crippen LogP contribution in [0.5, 0.6) is 11.5 Å². The molecule has 158 valence electrons. The Labute approximate surface area is 173 Å². The molecule has 0 spiro atoms. The van der Waals surface area contributed by atoms with E-state index in [0.29, 0.717) is 22.7 Å². The lowest BCUT2D eigenvalue weighted by molar-refractivity contribution is -0.116. The Bertz CT molecular complexity index is 1190. The second-order valence-corrected chi connectivity index (χ2v) is 6.74. The van der Waals surface area contributed by atoms with Crippen molar-refractivity contribution in [3.05, 3.63) is 62.8 Å². The zero-order valence-corrected chi connectivity index (χ0v) is 17.5. The highest BCUT2D eigenvalue weighted by atomic mass is 16.5. The van der Waals surface area contributed by atoms with E-state index in [9.17, 15) is 14.4 Å². The number of ether oxygens (including phenoxy) is 2. The highest BCUT2D eigenvalue weighted by Gasteiger charge is 2.18. The molecule has 0 bridgehead atoms. The third-order valence-electron chi connectivity index (χ3n) is 4.99. The largest absolute Gasteiger partial charge is 0.493 e. The molecule has 0 fully saturated rings. The van der Waals surface area contributed by atoms with Crippen LogP contribution in [0, 0.1) is 0 Å². The molecule has 1 heterocycles. The molecular weight excluding hydrogens is 386 g/mol. The molecule has 0 atom stereocenters. The van der Waals surface area contributed by atoms with Gasteiger partial charge in [-0.15, -0.1) is 0 Å². The first-order chi connectivity index (χ1) is 14.4. The van der Waals surface area contributed by atoms with Crippen molar-refractivity contribution in [2.75, 3.05) is 19.5 Å². The zero-order chi connectivity index (χ0) is 21.8. The summed E-state index contributed by atoms with van der Waals surface area (Å²) in [5.74, 6) is 0.358. The summed E-state index contributed by atoms with van der Waals surface area (Å²) in [6.45, 7) is 3.69. The van der Waals surface area contributed by atoms with Gasteiger partial charge < -0.3 is 14.8 Å². The minimum atomic E-state index is -0.557. The van der Waals surface area contributed by atoms with Gasteiger partial charge in [-0.3, -0.25) is 18.7 Å². The van der Waals surface area contributed by atoms with Crippen molar-refractivity contribution in [1.29, 1.82) is 0 Å². The number of nitrogens with zero attached hydrogens (tertiary/aromatic N) is 2. The summed E-state index contributed by atoms with van der Waals surface area (Å²) in [5, 5.41) is 3.07. The Morgan fingerprint density at radius 1 is 0.967 bits per heavy atom. The summed E-state index contributed by atoms with van der Waals surface area (Å²) in [7, 11) is 2.93. The molecule has 2 aromatic carbocycles. The van der Waals surface area contributed by atoms with E-state index in [2.05, 4.69) is 12.2 Å². The third kappa shape index (κ3) is 3.94. The number of methoxy groups -OCH3 is 2. The Morgan fingerprint density at radius 2 is 1.60 bits per heavy atom. The fourth-order valence-electron chi connectivity index (χ4n) is 3.34. The molecule has 8 nitrogen and oxygen atoms in total. The van der Waals surface area contributed by atoms with Crippen LogP contribution in [0.25, 0.3) is 10.9 Å². The smallest absolute Gasteiger partial charge is 0.331 e. The quantitative estimate of drug-likeness (QED) is 0.645. The highest BCUT2D eigenvalue weighted by molar-refractivity contribution is 5.92. The number of fused-ring (bicyclic) bond motifs is 1. The molecule has 0 unspecified atom stereocenters. The lowest BCUT2D eigenvalue weighted by atomic mass is 10.1. The monoisotopic (exact) mass is 411 g/mol.